The van der Waals surface area contributed by atoms with Crippen molar-refractivity contribution < 1.29 is 0 Å². The zero-order chi connectivity index (χ0) is 13.3. The van der Waals surface area contributed by atoms with Crippen molar-refractivity contribution in [1.29, 1.82) is 0 Å². The number of nitrogens with zero attached hydrogens (tertiary/aromatic N) is 3. The van der Waals surface area contributed by atoms with Crippen LogP contribution in [0.2, 0.25) is 0 Å². The second-order valence-corrected chi connectivity index (χ2v) is 5.83. The van der Waals surface area contributed by atoms with Crippen LogP contribution >= 0.6 is 0 Å². The smallest absolute Gasteiger partial charge is 0.134 e. The fourth-order valence-corrected chi connectivity index (χ4v) is 2.24. The van der Waals surface area contributed by atoms with Crippen LogP contribution in [-0.4, -0.2) is 35.6 Å². The molecule has 0 atom stereocenters. The zero-order valence-corrected chi connectivity index (χ0v) is 11.7. The van der Waals surface area contributed by atoms with Crippen molar-refractivity contribution in [2.45, 2.75) is 32.7 Å². The van der Waals surface area contributed by atoms with Gasteiger partial charge >= 0.3 is 0 Å². The summed E-state index contributed by atoms with van der Waals surface area (Å²) < 4.78 is 0. The maximum atomic E-state index is 5.86. The Hall–Kier alpha value is -1.36. The van der Waals surface area contributed by atoms with Crippen LogP contribution in [0.15, 0.2) is 6.07 Å². The second kappa shape index (κ2) is 4.72. The number of aromatic nitrogens is 2. The summed E-state index contributed by atoms with van der Waals surface area (Å²) in [5, 5.41) is 3.32. The Balaban J connectivity index is 2.12. The zero-order valence-electron chi connectivity index (χ0n) is 11.7. The first kappa shape index (κ1) is 13.1. The third-order valence-corrected chi connectivity index (χ3v) is 3.38. The Morgan fingerprint density at radius 1 is 1.44 bits per heavy atom. The third-order valence-electron chi connectivity index (χ3n) is 3.38. The fraction of sp³-hybridized carbons (Fsp3) is 0.692. The Morgan fingerprint density at radius 2 is 2.11 bits per heavy atom. The first-order chi connectivity index (χ1) is 8.42. The molecule has 2 rings (SSSR count). The van der Waals surface area contributed by atoms with E-state index in [4.69, 9.17) is 5.73 Å². The molecule has 0 spiro atoms. The van der Waals surface area contributed by atoms with E-state index in [1.807, 2.05) is 13.1 Å². The molecule has 1 aromatic heterocycles. The van der Waals surface area contributed by atoms with Crippen LogP contribution in [0, 0.1) is 5.92 Å². The largest absolute Gasteiger partial charge is 0.384 e. The lowest BCUT2D eigenvalue weighted by molar-refractivity contribution is 0.301. The van der Waals surface area contributed by atoms with E-state index in [9.17, 15) is 0 Å². The minimum atomic E-state index is 0.192. The first-order valence-corrected chi connectivity index (χ1v) is 6.49. The van der Waals surface area contributed by atoms with Gasteiger partial charge in [-0.2, -0.15) is 0 Å². The summed E-state index contributed by atoms with van der Waals surface area (Å²) in [6.07, 6.45) is 0.870. The van der Waals surface area contributed by atoms with Gasteiger partial charge in [0.25, 0.3) is 0 Å². The number of hydrogen-bond donors (Lipinski definition) is 2. The second-order valence-electron chi connectivity index (χ2n) is 5.83. The van der Waals surface area contributed by atoms with Gasteiger partial charge in [0, 0.05) is 25.6 Å². The van der Waals surface area contributed by atoms with Crippen molar-refractivity contribution in [3.63, 3.8) is 0 Å². The van der Waals surface area contributed by atoms with Gasteiger partial charge in [0.05, 0.1) is 5.54 Å². The lowest BCUT2D eigenvalue weighted by atomic mass is 9.92. The Morgan fingerprint density at radius 3 is 2.67 bits per heavy atom. The topological polar surface area (TPSA) is 67.1 Å². The Bertz CT molecular complexity index is 423. The number of nitrogen functional groups attached to an aromatic ring is 1. The number of hydrogen-bond acceptors (Lipinski definition) is 5. The molecule has 0 unspecified atom stereocenters. The van der Waals surface area contributed by atoms with Crippen molar-refractivity contribution in [3.05, 3.63) is 11.9 Å². The van der Waals surface area contributed by atoms with Gasteiger partial charge in [-0.15, -0.1) is 0 Å². The third kappa shape index (κ3) is 2.72. The summed E-state index contributed by atoms with van der Waals surface area (Å²) in [4.78, 5) is 11.1. The average molecular weight is 249 g/mol. The molecule has 0 amide bonds. The highest BCUT2D eigenvalue weighted by Gasteiger charge is 2.38. The molecule has 5 nitrogen and oxygen atoms in total. The molecule has 1 fully saturated rings. The van der Waals surface area contributed by atoms with E-state index < -0.39 is 0 Å². The highest BCUT2D eigenvalue weighted by atomic mass is 15.3. The van der Waals surface area contributed by atoms with Crippen LogP contribution in [0.3, 0.4) is 0 Å². The van der Waals surface area contributed by atoms with Crippen LogP contribution in [-0.2, 0) is 6.42 Å². The van der Waals surface area contributed by atoms with Gasteiger partial charge in [0.15, 0.2) is 0 Å². The van der Waals surface area contributed by atoms with Gasteiger partial charge in [0.1, 0.15) is 17.5 Å². The molecule has 100 valence electrons. The molecule has 1 saturated heterocycles. The summed E-state index contributed by atoms with van der Waals surface area (Å²) in [7, 11) is 2.00. The van der Waals surface area contributed by atoms with E-state index in [2.05, 4.69) is 41.0 Å². The van der Waals surface area contributed by atoms with Crippen molar-refractivity contribution in [3.8, 4) is 0 Å². The molecular weight excluding hydrogens is 226 g/mol. The maximum absolute atomic E-state index is 5.86. The van der Waals surface area contributed by atoms with Crippen molar-refractivity contribution >= 4 is 11.6 Å². The van der Waals surface area contributed by atoms with Crippen molar-refractivity contribution in [2.24, 2.45) is 5.92 Å². The predicted molar refractivity (Wildman–Crippen MR) is 74.7 cm³/mol. The molecule has 5 heteroatoms. The monoisotopic (exact) mass is 249 g/mol. The van der Waals surface area contributed by atoms with Gasteiger partial charge in [-0.05, 0) is 19.9 Å². The SMILES string of the molecule is CNC1(C)CN(c2cc(N)nc(CC(C)C)n2)C1. The average Bonchev–Trinajstić information content (AvgIpc) is 2.22. The Kier molecular flexibility index (Phi) is 3.43. The number of rotatable bonds is 4. The molecule has 18 heavy (non-hydrogen) atoms. The normalized spacial score (nSPS) is 17.9. The van der Waals surface area contributed by atoms with Crippen LogP contribution in [0.25, 0.3) is 0 Å². The van der Waals surface area contributed by atoms with E-state index in [1.54, 1.807) is 0 Å². The number of nitrogens with one attached hydrogen (secondary N) is 1. The summed E-state index contributed by atoms with van der Waals surface area (Å²) in [6.45, 7) is 8.45. The molecular formula is C13H23N5. The molecule has 1 aromatic rings. The van der Waals surface area contributed by atoms with Gasteiger partial charge < -0.3 is 16.0 Å². The first-order valence-electron chi connectivity index (χ1n) is 6.49. The number of likely N-dealkylation sites (N-methyl/N-ethyl adjacent to an activating group) is 1. The summed E-state index contributed by atoms with van der Waals surface area (Å²) in [5.74, 6) is 2.90. The van der Waals surface area contributed by atoms with E-state index in [0.29, 0.717) is 11.7 Å². The van der Waals surface area contributed by atoms with Gasteiger partial charge in [-0.3, -0.25) is 0 Å². The quantitative estimate of drug-likeness (QED) is 0.835. The van der Waals surface area contributed by atoms with Crippen LogP contribution in [0.1, 0.15) is 26.6 Å². The van der Waals surface area contributed by atoms with Gasteiger partial charge in [-0.25, -0.2) is 9.97 Å². The van der Waals surface area contributed by atoms with Crippen molar-refractivity contribution in [1.82, 2.24) is 15.3 Å². The van der Waals surface area contributed by atoms with E-state index in [0.717, 1.165) is 31.2 Å². The lowest BCUT2D eigenvalue weighted by Gasteiger charge is -2.48. The summed E-state index contributed by atoms with van der Waals surface area (Å²) in [6, 6.07) is 1.86. The minimum absolute atomic E-state index is 0.192. The lowest BCUT2D eigenvalue weighted by Crippen LogP contribution is -2.67. The van der Waals surface area contributed by atoms with Crippen molar-refractivity contribution in [2.75, 3.05) is 30.8 Å². The molecule has 0 radical (unpaired) electrons. The van der Waals surface area contributed by atoms with Gasteiger partial charge in [0.2, 0.25) is 0 Å². The molecule has 0 bridgehead atoms. The molecule has 1 aliphatic rings. The molecule has 1 aliphatic heterocycles. The molecule has 0 saturated carbocycles. The summed E-state index contributed by atoms with van der Waals surface area (Å²) in [5.41, 5.74) is 6.05. The van der Waals surface area contributed by atoms with E-state index in [-0.39, 0.29) is 5.54 Å². The highest BCUT2D eigenvalue weighted by molar-refractivity contribution is 5.50. The predicted octanol–water partition coefficient (Wildman–Crippen LogP) is 1.06. The van der Waals surface area contributed by atoms with E-state index in [1.165, 1.54) is 0 Å². The Labute approximate surface area is 109 Å². The number of anilines is 2. The molecule has 2 heterocycles. The molecule has 3 N–H and O–H groups in total. The highest BCUT2D eigenvalue weighted by Crippen LogP contribution is 2.26. The van der Waals surface area contributed by atoms with Crippen LogP contribution < -0.4 is 16.0 Å². The maximum Gasteiger partial charge on any atom is 0.134 e. The van der Waals surface area contributed by atoms with Gasteiger partial charge in [-0.1, -0.05) is 13.8 Å². The molecule has 0 aromatic carbocycles. The van der Waals surface area contributed by atoms with Crippen LogP contribution in [0.5, 0.6) is 0 Å². The number of nitrogens with two attached hydrogens (primary N) is 1. The fourth-order valence-electron chi connectivity index (χ4n) is 2.24. The standard InChI is InChI=1S/C13H23N5/c1-9(2)5-11-16-10(14)6-12(17-11)18-7-13(3,8-18)15-4/h6,9,15H,5,7-8H2,1-4H3,(H2,14,16,17). The molecule has 0 aliphatic carbocycles. The van der Waals surface area contributed by atoms with E-state index >= 15 is 0 Å². The minimum Gasteiger partial charge on any atom is -0.384 e. The van der Waals surface area contributed by atoms with Crippen LogP contribution in [0.4, 0.5) is 11.6 Å². The summed E-state index contributed by atoms with van der Waals surface area (Å²) >= 11 is 0.